The van der Waals surface area contributed by atoms with Crippen LogP contribution in [0.5, 0.6) is 17.2 Å². The zero-order chi connectivity index (χ0) is 23.3. The van der Waals surface area contributed by atoms with Crippen LogP contribution in [0.3, 0.4) is 0 Å². The van der Waals surface area contributed by atoms with Crippen molar-refractivity contribution in [2.75, 3.05) is 27.9 Å². The molecule has 0 saturated carbocycles. The number of ether oxygens (including phenoxy) is 3. The SMILES string of the molecule is COc1cc(/C=C\C(=O)NCCc2cc3cc(C)c(C)cc3[nH]c2=O)cc(OC)c1OC. The van der Waals surface area contributed by atoms with E-state index in [4.69, 9.17) is 14.2 Å². The van der Waals surface area contributed by atoms with Gasteiger partial charge in [-0.2, -0.15) is 0 Å². The summed E-state index contributed by atoms with van der Waals surface area (Å²) in [6.45, 7) is 4.40. The number of fused-ring (bicyclic) bond motifs is 1. The molecule has 7 heteroatoms. The molecule has 0 unspecified atom stereocenters. The Balaban J connectivity index is 1.65. The third kappa shape index (κ3) is 5.11. The zero-order valence-electron chi connectivity index (χ0n) is 19.0. The molecule has 32 heavy (non-hydrogen) atoms. The quantitative estimate of drug-likeness (QED) is 0.527. The van der Waals surface area contributed by atoms with Crippen molar-refractivity contribution in [1.82, 2.24) is 10.3 Å². The lowest BCUT2D eigenvalue weighted by Gasteiger charge is -2.12. The highest BCUT2D eigenvalue weighted by Gasteiger charge is 2.12. The van der Waals surface area contributed by atoms with Crippen molar-refractivity contribution < 1.29 is 19.0 Å². The third-order valence-corrected chi connectivity index (χ3v) is 5.34. The van der Waals surface area contributed by atoms with Crippen LogP contribution in [0.2, 0.25) is 0 Å². The number of benzene rings is 2. The van der Waals surface area contributed by atoms with Crippen molar-refractivity contribution in [3.8, 4) is 17.2 Å². The number of nitrogens with one attached hydrogen (secondary N) is 2. The summed E-state index contributed by atoms with van der Waals surface area (Å²) in [5.41, 5.74) is 4.34. The number of carbonyl (C=O) groups is 1. The molecular formula is C25H28N2O5. The van der Waals surface area contributed by atoms with Crippen LogP contribution in [-0.4, -0.2) is 38.8 Å². The number of rotatable bonds is 8. The van der Waals surface area contributed by atoms with E-state index in [0.717, 1.165) is 22.0 Å². The van der Waals surface area contributed by atoms with Gasteiger partial charge in [-0.15, -0.1) is 0 Å². The second kappa shape index (κ2) is 10.0. The van der Waals surface area contributed by atoms with Gasteiger partial charge in [-0.1, -0.05) is 0 Å². The summed E-state index contributed by atoms with van der Waals surface area (Å²) in [7, 11) is 4.61. The van der Waals surface area contributed by atoms with Gasteiger partial charge >= 0.3 is 0 Å². The van der Waals surface area contributed by atoms with Gasteiger partial charge in [0.25, 0.3) is 5.56 Å². The Morgan fingerprint density at radius 3 is 2.25 bits per heavy atom. The van der Waals surface area contributed by atoms with E-state index in [-0.39, 0.29) is 11.5 Å². The number of pyridine rings is 1. The van der Waals surface area contributed by atoms with Gasteiger partial charge in [0.1, 0.15) is 0 Å². The number of hydrogen-bond acceptors (Lipinski definition) is 5. The molecule has 1 amide bonds. The first-order valence-electron chi connectivity index (χ1n) is 10.2. The molecule has 0 radical (unpaired) electrons. The van der Waals surface area contributed by atoms with E-state index in [0.29, 0.717) is 35.8 Å². The number of methoxy groups -OCH3 is 3. The van der Waals surface area contributed by atoms with Crippen molar-refractivity contribution in [3.05, 3.63) is 69.0 Å². The lowest BCUT2D eigenvalue weighted by molar-refractivity contribution is -0.116. The molecule has 0 aliphatic rings. The van der Waals surface area contributed by atoms with Gasteiger partial charge in [0.05, 0.1) is 21.3 Å². The fraction of sp³-hybridized carbons (Fsp3) is 0.280. The molecule has 0 saturated heterocycles. The Hall–Kier alpha value is -3.74. The second-order valence-corrected chi connectivity index (χ2v) is 7.48. The summed E-state index contributed by atoms with van der Waals surface area (Å²) in [5.74, 6) is 1.24. The Labute approximate surface area is 187 Å². The Morgan fingerprint density at radius 1 is 0.969 bits per heavy atom. The molecule has 0 fully saturated rings. The van der Waals surface area contributed by atoms with Crippen LogP contribution in [-0.2, 0) is 11.2 Å². The topological polar surface area (TPSA) is 89.7 Å². The van der Waals surface area contributed by atoms with E-state index in [1.807, 2.05) is 26.0 Å². The molecule has 168 valence electrons. The normalized spacial score (nSPS) is 11.0. The predicted molar refractivity (Wildman–Crippen MR) is 126 cm³/mol. The van der Waals surface area contributed by atoms with Crippen LogP contribution in [0.4, 0.5) is 0 Å². The minimum atomic E-state index is -0.262. The largest absolute Gasteiger partial charge is 0.493 e. The van der Waals surface area contributed by atoms with E-state index in [1.165, 1.54) is 33.0 Å². The molecular weight excluding hydrogens is 408 g/mol. The van der Waals surface area contributed by atoms with Crippen molar-refractivity contribution in [3.63, 3.8) is 0 Å². The number of carbonyl (C=O) groups excluding carboxylic acids is 1. The average Bonchev–Trinajstić information content (AvgIpc) is 2.78. The van der Waals surface area contributed by atoms with Crippen LogP contribution in [0.25, 0.3) is 17.0 Å². The molecule has 3 aromatic rings. The van der Waals surface area contributed by atoms with Crippen LogP contribution in [0.1, 0.15) is 22.3 Å². The fourth-order valence-electron chi connectivity index (χ4n) is 3.46. The Bertz CT molecular complexity index is 1200. The summed E-state index contributed by atoms with van der Waals surface area (Å²) in [6, 6.07) is 9.43. The highest BCUT2D eigenvalue weighted by atomic mass is 16.5. The molecule has 0 aliphatic heterocycles. The number of hydrogen-bond donors (Lipinski definition) is 2. The summed E-state index contributed by atoms with van der Waals surface area (Å²) < 4.78 is 15.9. The molecule has 0 spiro atoms. The van der Waals surface area contributed by atoms with E-state index in [2.05, 4.69) is 16.4 Å². The van der Waals surface area contributed by atoms with E-state index >= 15 is 0 Å². The standard InChI is InChI=1S/C25H28N2O5/c1-15-10-19-14-18(25(29)27-20(19)11-16(15)2)8-9-26-23(28)7-6-17-12-21(30-3)24(32-5)22(13-17)31-4/h6-7,10-14H,8-9H2,1-5H3,(H,26,28)(H,27,29)/b7-6-. The molecule has 3 rings (SSSR count). The molecule has 1 aromatic heterocycles. The molecule has 0 atom stereocenters. The number of aromatic amines is 1. The van der Waals surface area contributed by atoms with Gasteiger partial charge in [0.15, 0.2) is 11.5 Å². The second-order valence-electron chi connectivity index (χ2n) is 7.48. The number of aryl methyl sites for hydroxylation is 2. The van der Waals surface area contributed by atoms with Crippen molar-refractivity contribution in [2.24, 2.45) is 0 Å². The minimum absolute atomic E-state index is 0.136. The Morgan fingerprint density at radius 2 is 1.62 bits per heavy atom. The van der Waals surface area contributed by atoms with Gasteiger partial charge in [0.2, 0.25) is 11.7 Å². The molecule has 0 bridgehead atoms. The van der Waals surface area contributed by atoms with Crippen LogP contribution >= 0.6 is 0 Å². The van der Waals surface area contributed by atoms with E-state index in [9.17, 15) is 9.59 Å². The van der Waals surface area contributed by atoms with E-state index < -0.39 is 0 Å². The first-order chi connectivity index (χ1) is 15.4. The Kier molecular flexibility index (Phi) is 7.20. The maximum Gasteiger partial charge on any atom is 0.251 e. The summed E-state index contributed by atoms with van der Waals surface area (Å²) in [6.07, 6.45) is 3.52. The summed E-state index contributed by atoms with van der Waals surface area (Å²) in [4.78, 5) is 27.5. The summed E-state index contributed by atoms with van der Waals surface area (Å²) in [5, 5.41) is 3.79. The van der Waals surface area contributed by atoms with Crippen LogP contribution < -0.4 is 25.1 Å². The number of amides is 1. The first kappa shape index (κ1) is 22.9. The van der Waals surface area contributed by atoms with Crippen LogP contribution in [0.15, 0.2) is 41.2 Å². The molecule has 2 aromatic carbocycles. The highest BCUT2D eigenvalue weighted by Crippen LogP contribution is 2.38. The van der Waals surface area contributed by atoms with Crippen molar-refractivity contribution in [2.45, 2.75) is 20.3 Å². The highest BCUT2D eigenvalue weighted by molar-refractivity contribution is 5.92. The number of aromatic nitrogens is 1. The molecule has 2 N–H and O–H groups in total. The van der Waals surface area contributed by atoms with Gasteiger partial charge in [-0.25, -0.2) is 0 Å². The summed E-state index contributed by atoms with van der Waals surface area (Å²) >= 11 is 0. The molecule has 1 heterocycles. The van der Waals surface area contributed by atoms with Crippen LogP contribution in [0, 0.1) is 13.8 Å². The fourth-order valence-corrected chi connectivity index (χ4v) is 3.46. The van der Waals surface area contributed by atoms with E-state index in [1.54, 1.807) is 18.2 Å². The monoisotopic (exact) mass is 436 g/mol. The molecule has 0 aliphatic carbocycles. The smallest absolute Gasteiger partial charge is 0.251 e. The van der Waals surface area contributed by atoms with Crippen molar-refractivity contribution in [1.29, 1.82) is 0 Å². The lowest BCUT2D eigenvalue weighted by atomic mass is 10.0. The maximum atomic E-state index is 12.4. The van der Waals surface area contributed by atoms with Gasteiger partial charge in [-0.05, 0) is 78.8 Å². The van der Waals surface area contributed by atoms with Crippen molar-refractivity contribution >= 4 is 22.9 Å². The van der Waals surface area contributed by atoms with Gasteiger partial charge in [0, 0.05) is 23.7 Å². The van der Waals surface area contributed by atoms with Gasteiger partial charge in [-0.3, -0.25) is 9.59 Å². The number of H-pyrrole nitrogens is 1. The average molecular weight is 437 g/mol. The maximum absolute atomic E-state index is 12.4. The third-order valence-electron chi connectivity index (χ3n) is 5.34. The lowest BCUT2D eigenvalue weighted by Crippen LogP contribution is -2.25. The zero-order valence-corrected chi connectivity index (χ0v) is 19.0. The van der Waals surface area contributed by atoms with Gasteiger partial charge < -0.3 is 24.5 Å². The first-order valence-corrected chi connectivity index (χ1v) is 10.2. The minimum Gasteiger partial charge on any atom is -0.493 e. The molecule has 7 nitrogen and oxygen atoms in total. The predicted octanol–water partition coefficient (Wildman–Crippen LogP) is 3.54.